The molecule has 1 saturated carbocycles. The van der Waals surface area contributed by atoms with Gasteiger partial charge in [-0.1, -0.05) is 15.9 Å². The SMILES string of the molecule is Cn1nc(C2CC2)nc1CBr. The zero-order valence-electron chi connectivity index (χ0n) is 6.42. The van der Waals surface area contributed by atoms with E-state index in [1.807, 2.05) is 11.7 Å². The molecule has 11 heavy (non-hydrogen) atoms. The quantitative estimate of drug-likeness (QED) is 0.702. The molecule has 60 valence electrons. The lowest BCUT2D eigenvalue weighted by atomic mass is 10.4. The number of nitrogens with zero attached hydrogens (tertiary/aromatic N) is 3. The van der Waals surface area contributed by atoms with Gasteiger partial charge >= 0.3 is 0 Å². The molecule has 0 radical (unpaired) electrons. The van der Waals surface area contributed by atoms with Crippen LogP contribution >= 0.6 is 15.9 Å². The van der Waals surface area contributed by atoms with E-state index in [-0.39, 0.29) is 0 Å². The molecule has 2 rings (SSSR count). The van der Waals surface area contributed by atoms with Gasteiger partial charge in [-0.25, -0.2) is 4.98 Å². The van der Waals surface area contributed by atoms with E-state index in [9.17, 15) is 0 Å². The van der Waals surface area contributed by atoms with Gasteiger partial charge in [-0.15, -0.1) is 0 Å². The third-order valence-electron chi connectivity index (χ3n) is 1.93. The summed E-state index contributed by atoms with van der Waals surface area (Å²) >= 11 is 3.37. The summed E-state index contributed by atoms with van der Waals surface area (Å²) in [7, 11) is 1.94. The molecule has 0 saturated heterocycles. The number of aryl methyl sites for hydroxylation is 1. The van der Waals surface area contributed by atoms with Crippen molar-refractivity contribution in [1.29, 1.82) is 0 Å². The summed E-state index contributed by atoms with van der Waals surface area (Å²) in [6.45, 7) is 0. The minimum absolute atomic E-state index is 0.661. The van der Waals surface area contributed by atoms with E-state index in [1.165, 1.54) is 12.8 Å². The molecule has 0 spiro atoms. The molecule has 1 fully saturated rings. The molecule has 0 N–H and O–H groups in total. The van der Waals surface area contributed by atoms with Gasteiger partial charge in [0.25, 0.3) is 0 Å². The van der Waals surface area contributed by atoms with Crippen LogP contribution in [0.15, 0.2) is 0 Å². The zero-order valence-corrected chi connectivity index (χ0v) is 8.00. The fraction of sp³-hybridized carbons (Fsp3) is 0.714. The highest BCUT2D eigenvalue weighted by Gasteiger charge is 2.28. The summed E-state index contributed by atoms with van der Waals surface area (Å²) < 4.78 is 1.85. The van der Waals surface area contributed by atoms with Crippen LogP contribution in [0, 0.1) is 0 Å². The molecule has 1 aromatic heterocycles. The van der Waals surface area contributed by atoms with Crippen molar-refractivity contribution in [3.05, 3.63) is 11.6 Å². The average molecular weight is 216 g/mol. The van der Waals surface area contributed by atoms with E-state index in [1.54, 1.807) is 0 Å². The van der Waals surface area contributed by atoms with Gasteiger partial charge in [0.05, 0.1) is 5.33 Å². The fourth-order valence-corrected chi connectivity index (χ4v) is 1.56. The first kappa shape index (κ1) is 7.28. The van der Waals surface area contributed by atoms with Gasteiger partial charge in [0.2, 0.25) is 0 Å². The van der Waals surface area contributed by atoms with Crippen molar-refractivity contribution in [1.82, 2.24) is 14.8 Å². The zero-order chi connectivity index (χ0) is 7.84. The number of alkyl halides is 1. The van der Waals surface area contributed by atoms with Crippen LogP contribution in [0.5, 0.6) is 0 Å². The summed E-state index contributed by atoms with van der Waals surface area (Å²) in [5.74, 6) is 2.71. The molecule has 1 heterocycles. The molecule has 1 aromatic rings. The molecular weight excluding hydrogens is 206 g/mol. The minimum Gasteiger partial charge on any atom is -0.252 e. The fourth-order valence-electron chi connectivity index (χ4n) is 1.07. The summed E-state index contributed by atoms with van der Waals surface area (Å²) in [5, 5.41) is 5.11. The number of aromatic nitrogens is 3. The van der Waals surface area contributed by atoms with Crippen LogP contribution in [0.3, 0.4) is 0 Å². The lowest BCUT2D eigenvalue weighted by molar-refractivity contribution is 0.718. The maximum Gasteiger partial charge on any atom is 0.154 e. The van der Waals surface area contributed by atoms with Gasteiger partial charge < -0.3 is 0 Å². The summed E-state index contributed by atoms with van der Waals surface area (Å²) in [6, 6.07) is 0. The van der Waals surface area contributed by atoms with Gasteiger partial charge in [0.15, 0.2) is 5.82 Å². The first-order valence-electron chi connectivity index (χ1n) is 3.77. The second kappa shape index (κ2) is 2.59. The van der Waals surface area contributed by atoms with Gasteiger partial charge in [-0.3, -0.25) is 4.68 Å². The molecule has 0 bridgehead atoms. The monoisotopic (exact) mass is 215 g/mol. The maximum atomic E-state index is 4.40. The van der Waals surface area contributed by atoms with Crippen molar-refractivity contribution in [2.45, 2.75) is 24.1 Å². The maximum absolute atomic E-state index is 4.40. The predicted molar refractivity (Wildman–Crippen MR) is 45.6 cm³/mol. The highest BCUT2D eigenvalue weighted by atomic mass is 79.9. The largest absolute Gasteiger partial charge is 0.252 e. The standard InChI is InChI=1S/C7H10BrN3/c1-11-6(4-8)9-7(10-11)5-2-3-5/h5H,2-4H2,1H3. The number of rotatable bonds is 2. The molecule has 0 atom stereocenters. The average Bonchev–Trinajstić information content (AvgIpc) is 2.76. The molecule has 1 aliphatic carbocycles. The Morgan fingerprint density at radius 1 is 1.64 bits per heavy atom. The van der Waals surface area contributed by atoms with Crippen molar-refractivity contribution in [3.63, 3.8) is 0 Å². The van der Waals surface area contributed by atoms with Crippen molar-refractivity contribution < 1.29 is 0 Å². The van der Waals surface area contributed by atoms with E-state index in [0.717, 1.165) is 17.0 Å². The predicted octanol–water partition coefficient (Wildman–Crippen LogP) is 1.59. The Bertz CT molecular complexity index is 265. The van der Waals surface area contributed by atoms with Crippen LogP contribution in [0.2, 0.25) is 0 Å². The lowest BCUT2D eigenvalue weighted by Gasteiger charge is -1.89. The third kappa shape index (κ3) is 1.31. The van der Waals surface area contributed by atoms with Crippen molar-refractivity contribution in [3.8, 4) is 0 Å². The molecule has 0 unspecified atom stereocenters. The van der Waals surface area contributed by atoms with Crippen molar-refractivity contribution >= 4 is 15.9 Å². The van der Waals surface area contributed by atoms with E-state index in [2.05, 4.69) is 26.0 Å². The van der Waals surface area contributed by atoms with Crippen molar-refractivity contribution in [2.24, 2.45) is 7.05 Å². The van der Waals surface area contributed by atoms with E-state index in [4.69, 9.17) is 0 Å². The van der Waals surface area contributed by atoms with E-state index >= 15 is 0 Å². The summed E-state index contributed by atoms with van der Waals surface area (Å²) in [6.07, 6.45) is 2.54. The van der Waals surface area contributed by atoms with Crippen LogP contribution in [-0.2, 0) is 12.4 Å². The highest BCUT2D eigenvalue weighted by Crippen LogP contribution is 2.38. The Labute approximate surface area is 73.9 Å². The first-order chi connectivity index (χ1) is 5.31. The number of hydrogen-bond acceptors (Lipinski definition) is 2. The first-order valence-corrected chi connectivity index (χ1v) is 4.89. The van der Waals surface area contributed by atoms with Crippen LogP contribution in [0.4, 0.5) is 0 Å². The van der Waals surface area contributed by atoms with Gasteiger partial charge in [0.1, 0.15) is 5.82 Å². The van der Waals surface area contributed by atoms with Gasteiger partial charge in [-0.2, -0.15) is 5.10 Å². The molecule has 0 amide bonds. The van der Waals surface area contributed by atoms with Crippen LogP contribution in [0.25, 0.3) is 0 Å². The smallest absolute Gasteiger partial charge is 0.154 e. The molecule has 0 aromatic carbocycles. The van der Waals surface area contributed by atoms with Crippen LogP contribution < -0.4 is 0 Å². The Morgan fingerprint density at radius 2 is 2.36 bits per heavy atom. The highest BCUT2D eigenvalue weighted by molar-refractivity contribution is 9.08. The second-order valence-corrected chi connectivity index (χ2v) is 3.48. The molecule has 1 aliphatic rings. The van der Waals surface area contributed by atoms with Gasteiger partial charge in [0, 0.05) is 13.0 Å². The van der Waals surface area contributed by atoms with Crippen LogP contribution in [-0.4, -0.2) is 14.8 Å². The Kier molecular flexibility index (Phi) is 1.71. The third-order valence-corrected chi connectivity index (χ3v) is 2.43. The summed E-state index contributed by atoms with van der Waals surface area (Å²) in [4.78, 5) is 4.40. The van der Waals surface area contributed by atoms with Crippen molar-refractivity contribution in [2.75, 3.05) is 0 Å². The van der Waals surface area contributed by atoms with Crippen LogP contribution in [0.1, 0.15) is 30.4 Å². The Balaban J connectivity index is 2.28. The van der Waals surface area contributed by atoms with E-state index in [0.29, 0.717) is 5.92 Å². The molecule has 3 nitrogen and oxygen atoms in total. The summed E-state index contributed by atoms with van der Waals surface area (Å²) in [5.41, 5.74) is 0. The topological polar surface area (TPSA) is 30.7 Å². The number of halogens is 1. The van der Waals surface area contributed by atoms with E-state index < -0.39 is 0 Å². The molecule has 4 heteroatoms. The number of hydrogen-bond donors (Lipinski definition) is 0. The Morgan fingerprint density at radius 3 is 2.82 bits per heavy atom. The molecular formula is C7H10BrN3. The minimum atomic E-state index is 0.661. The van der Waals surface area contributed by atoms with Gasteiger partial charge in [-0.05, 0) is 12.8 Å². The molecule has 0 aliphatic heterocycles. The second-order valence-electron chi connectivity index (χ2n) is 2.92. The lowest BCUT2D eigenvalue weighted by Crippen LogP contribution is -1.95. The normalized spacial score (nSPS) is 17.3. The Hall–Kier alpha value is -0.380.